The van der Waals surface area contributed by atoms with Crippen LogP contribution in [0.2, 0.25) is 0 Å². The summed E-state index contributed by atoms with van der Waals surface area (Å²) in [4.78, 5) is 27.4. The molecule has 0 heterocycles. The van der Waals surface area contributed by atoms with Crippen molar-refractivity contribution in [2.45, 2.75) is 32.6 Å². The Balaban J connectivity index is 1.64. The molecule has 2 aromatic carbocycles. The number of anilines is 3. The highest BCUT2D eigenvalue weighted by molar-refractivity contribution is 6.16. The van der Waals surface area contributed by atoms with Crippen molar-refractivity contribution in [3.8, 4) is 0 Å². The molecular formula is C22H27N3O2. The fourth-order valence-corrected chi connectivity index (χ4v) is 2.98. The summed E-state index contributed by atoms with van der Waals surface area (Å²) in [7, 11) is 3.93. The second kappa shape index (κ2) is 7.43. The van der Waals surface area contributed by atoms with Crippen LogP contribution in [0.4, 0.5) is 17.1 Å². The van der Waals surface area contributed by atoms with Crippen molar-refractivity contribution < 1.29 is 9.59 Å². The SMILES string of the molecule is CC(C)c1ccc(NC(=O)C2(C(=O)Nc3ccc(N(C)C)cc3)CC2)cc1. The van der Waals surface area contributed by atoms with Gasteiger partial charge in [-0.3, -0.25) is 9.59 Å². The number of carbonyl (C=O) groups is 2. The average Bonchev–Trinajstić information content (AvgIpc) is 3.44. The van der Waals surface area contributed by atoms with Gasteiger partial charge in [0.05, 0.1) is 0 Å². The number of carbonyl (C=O) groups excluding carboxylic acids is 2. The van der Waals surface area contributed by atoms with Crippen LogP contribution in [0.3, 0.4) is 0 Å². The molecule has 2 aromatic rings. The first kappa shape index (κ1) is 19.0. The summed E-state index contributed by atoms with van der Waals surface area (Å²) in [6.45, 7) is 4.25. The Hall–Kier alpha value is -2.82. The quantitative estimate of drug-likeness (QED) is 0.753. The van der Waals surface area contributed by atoms with Crippen LogP contribution in [0, 0.1) is 5.41 Å². The third-order valence-electron chi connectivity index (χ3n) is 5.10. The van der Waals surface area contributed by atoms with E-state index in [0.29, 0.717) is 24.4 Å². The molecule has 1 saturated carbocycles. The van der Waals surface area contributed by atoms with Gasteiger partial charge in [0.25, 0.3) is 0 Å². The maximum absolute atomic E-state index is 12.7. The lowest BCUT2D eigenvalue weighted by Crippen LogP contribution is -2.35. The minimum atomic E-state index is -0.961. The number of amides is 2. The first-order valence-electron chi connectivity index (χ1n) is 9.32. The van der Waals surface area contributed by atoms with Gasteiger partial charge in [-0.1, -0.05) is 26.0 Å². The minimum absolute atomic E-state index is 0.234. The molecule has 0 bridgehead atoms. The van der Waals surface area contributed by atoms with E-state index < -0.39 is 5.41 Å². The molecule has 2 N–H and O–H groups in total. The van der Waals surface area contributed by atoms with E-state index in [1.165, 1.54) is 5.56 Å². The van der Waals surface area contributed by atoms with E-state index in [1.54, 1.807) is 0 Å². The van der Waals surface area contributed by atoms with Crippen molar-refractivity contribution in [2.75, 3.05) is 29.6 Å². The van der Waals surface area contributed by atoms with Crippen LogP contribution >= 0.6 is 0 Å². The Labute approximate surface area is 160 Å². The van der Waals surface area contributed by atoms with Crippen molar-refractivity contribution in [1.82, 2.24) is 0 Å². The van der Waals surface area contributed by atoms with Crippen LogP contribution in [0.5, 0.6) is 0 Å². The first-order valence-corrected chi connectivity index (χ1v) is 9.32. The third kappa shape index (κ3) is 4.13. The second-order valence-corrected chi connectivity index (χ2v) is 7.71. The van der Waals surface area contributed by atoms with Crippen LogP contribution in [-0.4, -0.2) is 25.9 Å². The summed E-state index contributed by atoms with van der Waals surface area (Å²) in [6.07, 6.45) is 1.15. The summed E-state index contributed by atoms with van der Waals surface area (Å²) in [6, 6.07) is 15.4. The maximum atomic E-state index is 12.7. The summed E-state index contributed by atoms with van der Waals surface area (Å²) in [5, 5.41) is 5.78. The molecule has 0 aliphatic heterocycles. The van der Waals surface area contributed by atoms with Gasteiger partial charge in [-0.2, -0.15) is 0 Å². The van der Waals surface area contributed by atoms with Crippen molar-refractivity contribution in [2.24, 2.45) is 5.41 Å². The predicted octanol–water partition coefficient (Wildman–Crippen LogP) is 4.23. The van der Waals surface area contributed by atoms with Gasteiger partial charge in [0.2, 0.25) is 11.8 Å². The maximum Gasteiger partial charge on any atom is 0.240 e. The molecule has 5 heteroatoms. The normalized spacial score (nSPS) is 14.6. The molecule has 1 fully saturated rings. The van der Waals surface area contributed by atoms with Crippen molar-refractivity contribution in [3.63, 3.8) is 0 Å². The molecule has 1 aliphatic rings. The molecular weight excluding hydrogens is 338 g/mol. The van der Waals surface area contributed by atoms with Crippen LogP contribution in [0.15, 0.2) is 48.5 Å². The topological polar surface area (TPSA) is 61.4 Å². The van der Waals surface area contributed by atoms with E-state index >= 15 is 0 Å². The van der Waals surface area contributed by atoms with Crippen molar-refractivity contribution in [3.05, 3.63) is 54.1 Å². The van der Waals surface area contributed by atoms with Gasteiger partial charge in [-0.15, -0.1) is 0 Å². The average molecular weight is 365 g/mol. The summed E-state index contributed by atoms with van der Waals surface area (Å²) < 4.78 is 0. The lowest BCUT2D eigenvalue weighted by molar-refractivity contribution is -0.131. The van der Waals surface area contributed by atoms with Crippen LogP contribution < -0.4 is 15.5 Å². The zero-order valence-electron chi connectivity index (χ0n) is 16.4. The largest absolute Gasteiger partial charge is 0.378 e. The Morgan fingerprint density at radius 1 is 0.852 bits per heavy atom. The second-order valence-electron chi connectivity index (χ2n) is 7.71. The molecule has 142 valence electrons. The molecule has 1 aliphatic carbocycles. The van der Waals surface area contributed by atoms with E-state index in [-0.39, 0.29) is 11.8 Å². The highest BCUT2D eigenvalue weighted by Crippen LogP contribution is 2.47. The van der Waals surface area contributed by atoms with Gasteiger partial charge >= 0.3 is 0 Å². The lowest BCUT2D eigenvalue weighted by Gasteiger charge is -2.17. The number of hydrogen-bond donors (Lipinski definition) is 2. The Morgan fingerprint density at radius 3 is 1.67 bits per heavy atom. The predicted molar refractivity (Wildman–Crippen MR) is 110 cm³/mol. The van der Waals surface area contributed by atoms with Crippen LogP contribution in [-0.2, 0) is 9.59 Å². The van der Waals surface area contributed by atoms with Gasteiger partial charge in [-0.25, -0.2) is 0 Å². The minimum Gasteiger partial charge on any atom is -0.378 e. The smallest absolute Gasteiger partial charge is 0.240 e. The van der Waals surface area contributed by atoms with Gasteiger partial charge in [-0.05, 0) is 60.7 Å². The zero-order chi connectivity index (χ0) is 19.6. The van der Waals surface area contributed by atoms with E-state index in [4.69, 9.17) is 0 Å². The highest BCUT2D eigenvalue weighted by Gasteiger charge is 2.56. The molecule has 0 radical (unpaired) electrons. The number of rotatable bonds is 6. The molecule has 0 unspecified atom stereocenters. The van der Waals surface area contributed by atoms with E-state index in [2.05, 4.69) is 24.5 Å². The lowest BCUT2D eigenvalue weighted by atomic mass is 10.0. The highest BCUT2D eigenvalue weighted by atomic mass is 16.2. The number of benzene rings is 2. The zero-order valence-corrected chi connectivity index (χ0v) is 16.4. The van der Waals surface area contributed by atoms with Gasteiger partial charge in [0, 0.05) is 31.2 Å². The first-order chi connectivity index (χ1) is 12.8. The number of hydrogen-bond acceptors (Lipinski definition) is 3. The fourth-order valence-electron chi connectivity index (χ4n) is 2.98. The molecule has 5 nitrogen and oxygen atoms in total. The van der Waals surface area contributed by atoms with Gasteiger partial charge in [0.15, 0.2) is 0 Å². The van der Waals surface area contributed by atoms with Crippen LogP contribution in [0.25, 0.3) is 0 Å². The monoisotopic (exact) mass is 365 g/mol. The van der Waals surface area contributed by atoms with Crippen molar-refractivity contribution in [1.29, 1.82) is 0 Å². The van der Waals surface area contributed by atoms with Crippen LogP contribution in [0.1, 0.15) is 38.2 Å². The summed E-state index contributed by atoms with van der Waals surface area (Å²) in [5.74, 6) is -0.0344. The Kier molecular flexibility index (Phi) is 5.22. The molecule has 3 rings (SSSR count). The number of nitrogens with zero attached hydrogens (tertiary/aromatic N) is 1. The molecule has 0 saturated heterocycles. The summed E-state index contributed by atoms with van der Waals surface area (Å²) in [5.41, 5.74) is 2.73. The molecule has 0 aromatic heterocycles. The molecule has 27 heavy (non-hydrogen) atoms. The van der Waals surface area contributed by atoms with Crippen molar-refractivity contribution >= 4 is 28.9 Å². The third-order valence-corrected chi connectivity index (χ3v) is 5.10. The van der Waals surface area contributed by atoms with E-state index in [0.717, 1.165) is 11.4 Å². The molecule has 0 atom stereocenters. The molecule has 2 amide bonds. The summed E-state index contributed by atoms with van der Waals surface area (Å²) >= 11 is 0. The van der Waals surface area contributed by atoms with Gasteiger partial charge in [0.1, 0.15) is 5.41 Å². The number of nitrogens with one attached hydrogen (secondary N) is 2. The Morgan fingerprint density at radius 2 is 1.30 bits per heavy atom. The Bertz CT molecular complexity index is 752. The molecule has 0 spiro atoms. The van der Waals surface area contributed by atoms with E-state index in [1.807, 2.05) is 67.5 Å². The standard InChI is InChI=1S/C22H27N3O2/c1-15(2)16-5-7-17(8-6-16)23-20(26)22(13-14-22)21(27)24-18-9-11-19(12-10-18)25(3)4/h5-12,15H,13-14H2,1-4H3,(H,23,26)(H,24,27). The fraction of sp³-hybridized carbons (Fsp3) is 0.364. The van der Waals surface area contributed by atoms with E-state index in [9.17, 15) is 9.59 Å². The van der Waals surface area contributed by atoms with Gasteiger partial charge < -0.3 is 15.5 Å².